The minimum Gasteiger partial charge on any atom is -0.494 e. The second-order valence-electron chi connectivity index (χ2n) is 7.21. The fraction of sp³-hybridized carbons (Fsp3) is 0.0769. The van der Waals surface area contributed by atoms with Crippen molar-refractivity contribution in [3.63, 3.8) is 0 Å². The predicted molar refractivity (Wildman–Crippen MR) is 128 cm³/mol. The molecule has 33 heavy (non-hydrogen) atoms. The van der Waals surface area contributed by atoms with Crippen molar-refractivity contribution < 1.29 is 18.7 Å². The Labute approximate surface area is 194 Å². The van der Waals surface area contributed by atoms with E-state index in [9.17, 15) is 4.79 Å². The number of benzene rings is 3. The highest BCUT2D eigenvalue weighted by Gasteiger charge is 2.23. The van der Waals surface area contributed by atoms with E-state index in [1.165, 1.54) is 11.3 Å². The highest BCUT2D eigenvalue weighted by molar-refractivity contribution is 7.22. The third-order valence-electron chi connectivity index (χ3n) is 5.04. The number of anilines is 1. The molecule has 3 aromatic carbocycles. The highest BCUT2D eigenvalue weighted by atomic mass is 32.1. The topological polar surface area (TPSA) is 64.8 Å². The van der Waals surface area contributed by atoms with E-state index in [0.29, 0.717) is 28.0 Å². The Morgan fingerprint density at radius 2 is 1.73 bits per heavy atom. The minimum atomic E-state index is -0.185. The number of carbonyl (C=O) groups is 1. The molecule has 2 heterocycles. The molecule has 7 heteroatoms. The molecule has 0 radical (unpaired) electrons. The summed E-state index contributed by atoms with van der Waals surface area (Å²) in [4.78, 5) is 19.9. The molecule has 0 bridgehead atoms. The van der Waals surface area contributed by atoms with Crippen molar-refractivity contribution in [3.8, 4) is 17.2 Å². The van der Waals surface area contributed by atoms with Gasteiger partial charge in [0, 0.05) is 5.56 Å². The van der Waals surface area contributed by atoms with Crippen LogP contribution in [0.2, 0.25) is 0 Å². The van der Waals surface area contributed by atoms with Crippen molar-refractivity contribution >= 4 is 32.6 Å². The Bertz CT molecular complexity index is 1360. The number of para-hydroxylation sites is 2. The van der Waals surface area contributed by atoms with Crippen LogP contribution in [0.5, 0.6) is 17.2 Å². The van der Waals surface area contributed by atoms with Gasteiger partial charge in [0.15, 0.2) is 5.13 Å². The maximum atomic E-state index is 13.6. The maximum absolute atomic E-state index is 13.6. The van der Waals surface area contributed by atoms with Crippen molar-refractivity contribution in [2.45, 2.75) is 6.54 Å². The van der Waals surface area contributed by atoms with Gasteiger partial charge in [-0.3, -0.25) is 9.69 Å². The quantitative estimate of drug-likeness (QED) is 0.278. The first kappa shape index (κ1) is 20.8. The van der Waals surface area contributed by atoms with Gasteiger partial charge in [-0.1, -0.05) is 35.6 Å². The molecule has 0 saturated heterocycles. The van der Waals surface area contributed by atoms with Gasteiger partial charge in [-0.25, -0.2) is 4.98 Å². The van der Waals surface area contributed by atoms with Crippen LogP contribution in [0.4, 0.5) is 5.13 Å². The lowest BCUT2D eigenvalue weighted by molar-refractivity contribution is 0.0983. The highest BCUT2D eigenvalue weighted by Crippen LogP contribution is 2.35. The second-order valence-corrected chi connectivity index (χ2v) is 8.22. The molecule has 0 spiro atoms. The summed E-state index contributed by atoms with van der Waals surface area (Å²) in [5.74, 6) is 2.54. The van der Waals surface area contributed by atoms with Crippen molar-refractivity contribution in [1.82, 2.24) is 4.98 Å². The molecule has 0 N–H and O–H groups in total. The number of furan rings is 1. The van der Waals surface area contributed by atoms with E-state index in [0.717, 1.165) is 16.0 Å². The van der Waals surface area contributed by atoms with Gasteiger partial charge < -0.3 is 13.9 Å². The minimum absolute atomic E-state index is 0.185. The van der Waals surface area contributed by atoms with E-state index in [2.05, 4.69) is 0 Å². The van der Waals surface area contributed by atoms with Crippen molar-refractivity contribution in [2.75, 3.05) is 12.0 Å². The number of fused-ring (bicyclic) bond motifs is 1. The Morgan fingerprint density at radius 3 is 2.45 bits per heavy atom. The smallest absolute Gasteiger partial charge is 0.260 e. The first-order valence-electron chi connectivity index (χ1n) is 10.3. The molecule has 0 aliphatic heterocycles. The number of nitrogens with zero attached hydrogens (tertiary/aromatic N) is 2. The molecule has 5 aromatic rings. The summed E-state index contributed by atoms with van der Waals surface area (Å²) in [5, 5.41) is 0.570. The van der Waals surface area contributed by atoms with E-state index >= 15 is 0 Å². The van der Waals surface area contributed by atoms with Gasteiger partial charge in [0.2, 0.25) is 0 Å². The van der Waals surface area contributed by atoms with Gasteiger partial charge in [-0.2, -0.15) is 0 Å². The average Bonchev–Trinajstić information content (AvgIpc) is 3.53. The lowest BCUT2D eigenvalue weighted by Gasteiger charge is -2.19. The Hall–Kier alpha value is -4.10. The third kappa shape index (κ3) is 4.44. The summed E-state index contributed by atoms with van der Waals surface area (Å²) >= 11 is 1.43. The zero-order valence-corrected chi connectivity index (χ0v) is 18.6. The molecule has 5 rings (SSSR count). The van der Waals surface area contributed by atoms with Crippen LogP contribution in [0.25, 0.3) is 10.2 Å². The zero-order valence-electron chi connectivity index (χ0n) is 17.8. The first-order chi connectivity index (χ1) is 16.2. The molecule has 1 amide bonds. The number of hydrogen-bond donors (Lipinski definition) is 0. The molecule has 0 fully saturated rings. The fourth-order valence-corrected chi connectivity index (χ4v) is 4.40. The van der Waals surface area contributed by atoms with E-state index in [4.69, 9.17) is 18.9 Å². The average molecular weight is 457 g/mol. The number of amides is 1. The molecular weight excluding hydrogens is 436 g/mol. The van der Waals surface area contributed by atoms with Crippen molar-refractivity contribution in [2.24, 2.45) is 0 Å². The van der Waals surface area contributed by atoms with Crippen LogP contribution in [0.3, 0.4) is 0 Å². The van der Waals surface area contributed by atoms with Crippen molar-refractivity contribution in [1.29, 1.82) is 0 Å². The number of thiazole rings is 1. The molecule has 0 atom stereocenters. The molecule has 0 aliphatic rings. The van der Waals surface area contributed by atoms with Gasteiger partial charge in [-0.05, 0) is 60.7 Å². The van der Waals surface area contributed by atoms with E-state index in [1.807, 2.05) is 54.6 Å². The van der Waals surface area contributed by atoms with Gasteiger partial charge in [0.25, 0.3) is 5.91 Å². The van der Waals surface area contributed by atoms with Crippen LogP contribution in [0.1, 0.15) is 16.1 Å². The number of hydrogen-bond acceptors (Lipinski definition) is 6. The Kier molecular flexibility index (Phi) is 5.78. The summed E-state index contributed by atoms with van der Waals surface area (Å²) in [5.41, 5.74) is 1.25. The normalized spacial score (nSPS) is 10.8. The first-order valence-corrected chi connectivity index (χ1v) is 11.1. The SMILES string of the molecule is COc1cccc2sc(N(Cc3ccco3)C(=O)c3ccc(Oc4ccccc4)cc3)nc12. The van der Waals surface area contributed by atoms with E-state index < -0.39 is 0 Å². The summed E-state index contributed by atoms with van der Waals surface area (Å²) in [7, 11) is 1.61. The summed E-state index contributed by atoms with van der Waals surface area (Å²) in [6.45, 7) is 0.260. The van der Waals surface area contributed by atoms with Gasteiger partial charge in [-0.15, -0.1) is 0 Å². The van der Waals surface area contributed by atoms with Crippen LogP contribution in [0.15, 0.2) is 95.6 Å². The standard InChI is InChI=1S/C26H20N2O4S/c1-30-22-10-5-11-23-24(22)27-26(33-23)28(17-21-9-6-16-31-21)25(29)18-12-14-20(15-13-18)32-19-7-3-2-4-8-19/h2-16H,17H2,1H3. The van der Waals surface area contributed by atoms with Crippen molar-refractivity contribution in [3.05, 3.63) is 103 Å². The zero-order chi connectivity index (χ0) is 22.6. The van der Waals surface area contributed by atoms with Crippen LogP contribution < -0.4 is 14.4 Å². The van der Waals surface area contributed by atoms with E-state index in [1.54, 1.807) is 48.6 Å². The molecule has 0 aliphatic carbocycles. The number of ether oxygens (including phenoxy) is 2. The Morgan fingerprint density at radius 1 is 0.939 bits per heavy atom. The third-order valence-corrected chi connectivity index (χ3v) is 6.08. The van der Waals surface area contributed by atoms with Crippen LogP contribution in [-0.2, 0) is 6.54 Å². The molecular formula is C26H20N2O4S. The molecule has 164 valence electrons. The summed E-state index contributed by atoms with van der Waals surface area (Å²) in [6.07, 6.45) is 1.59. The van der Waals surface area contributed by atoms with Crippen LogP contribution >= 0.6 is 11.3 Å². The van der Waals surface area contributed by atoms with Gasteiger partial charge >= 0.3 is 0 Å². The molecule has 6 nitrogen and oxygen atoms in total. The molecule has 2 aromatic heterocycles. The van der Waals surface area contributed by atoms with Crippen LogP contribution in [-0.4, -0.2) is 18.0 Å². The molecule has 0 unspecified atom stereocenters. The lowest BCUT2D eigenvalue weighted by Crippen LogP contribution is -2.30. The largest absolute Gasteiger partial charge is 0.494 e. The summed E-state index contributed by atoms with van der Waals surface area (Å²) in [6, 6.07) is 26.0. The van der Waals surface area contributed by atoms with Gasteiger partial charge in [0.05, 0.1) is 24.6 Å². The maximum Gasteiger partial charge on any atom is 0.260 e. The van der Waals surface area contributed by atoms with E-state index in [-0.39, 0.29) is 12.5 Å². The number of aromatic nitrogens is 1. The van der Waals surface area contributed by atoms with Crippen LogP contribution in [0, 0.1) is 0 Å². The Balaban J connectivity index is 1.46. The summed E-state index contributed by atoms with van der Waals surface area (Å²) < 4.78 is 17.7. The number of carbonyl (C=O) groups excluding carboxylic acids is 1. The molecule has 0 saturated carbocycles. The number of rotatable bonds is 7. The van der Waals surface area contributed by atoms with Gasteiger partial charge in [0.1, 0.15) is 28.5 Å². The number of methoxy groups -OCH3 is 1. The lowest BCUT2D eigenvalue weighted by atomic mass is 10.2. The second kappa shape index (κ2) is 9.18. The monoisotopic (exact) mass is 456 g/mol. The fourth-order valence-electron chi connectivity index (χ4n) is 3.42. The predicted octanol–water partition coefficient (Wildman–Crippen LogP) is 6.54.